The number of hydrogen-bond donors (Lipinski definition) is 1. The van der Waals surface area contributed by atoms with Crippen LogP contribution in [0.2, 0.25) is 0 Å². The molecule has 21 heavy (non-hydrogen) atoms. The number of aryl methyl sites for hydroxylation is 1. The van der Waals surface area contributed by atoms with Crippen molar-refractivity contribution in [2.24, 2.45) is 0 Å². The third-order valence-electron chi connectivity index (χ3n) is 4.72. The Bertz CT molecular complexity index is 622. The van der Waals surface area contributed by atoms with Gasteiger partial charge >= 0.3 is 0 Å². The molecule has 1 heterocycles. The zero-order chi connectivity index (χ0) is 14.9. The smallest absolute Gasteiger partial charge is 0.0964 e. The van der Waals surface area contributed by atoms with Crippen LogP contribution in [0.4, 0.5) is 0 Å². The molecule has 2 unspecified atom stereocenters. The maximum atomic E-state index is 11.1. The lowest BCUT2D eigenvalue weighted by Gasteiger charge is -2.38. The zero-order valence-corrected chi connectivity index (χ0v) is 12.9. The quantitative estimate of drug-likeness (QED) is 0.941. The second-order valence-electron chi connectivity index (χ2n) is 6.03. The largest absolute Gasteiger partial charge is 0.387 e. The number of para-hydroxylation sites is 1. The fourth-order valence-corrected chi connectivity index (χ4v) is 3.59. The van der Waals surface area contributed by atoms with Gasteiger partial charge in [0.05, 0.1) is 22.9 Å². The normalized spacial score (nSPS) is 26.3. The molecule has 4 heteroatoms. The highest BCUT2D eigenvalue weighted by atomic mass is 16.5. The molecule has 0 bridgehead atoms. The number of aliphatic hydroxyl groups is 1. The molecular formula is C17H24N2O2. The summed E-state index contributed by atoms with van der Waals surface area (Å²) in [5.74, 6) is 0. The summed E-state index contributed by atoms with van der Waals surface area (Å²) >= 11 is 0. The molecule has 4 nitrogen and oxygen atoms in total. The van der Waals surface area contributed by atoms with Gasteiger partial charge in [0, 0.05) is 25.5 Å². The first kappa shape index (κ1) is 14.5. The minimum atomic E-state index is -0.789. The van der Waals surface area contributed by atoms with Crippen LogP contribution in [0.1, 0.15) is 38.3 Å². The molecule has 114 valence electrons. The summed E-state index contributed by atoms with van der Waals surface area (Å²) in [5, 5.41) is 16.9. The van der Waals surface area contributed by atoms with Gasteiger partial charge in [0.1, 0.15) is 0 Å². The van der Waals surface area contributed by atoms with Gasteiger partial charge in [-0.05, 0) is 25.8 Å². The van der Waals surface area contributed by atoms with Crippen LogP contribution in [0.15, 0.2) is 24.3 Å². The Balaban J connectivity index is 1.97. The maximum absolute atomic E-state index is 11.1. The van der Waals surface area contributed by atoms with Gasteiger partial charge in [-0.15, -0.1) is 0 Å². The van der Waals surface area contributed by atoms with Crippen LogP contribution in [0.25, 0.3) is 10.9 Å². The second kappa shape index (κ2) is 5.78. The summed E-state index contributed by atoms with van der Waals surface area (Å²) in [4.78, 5) is 0. The van der Waals surface area contributed by atoms with E-state index in [1.54, 1.807) is 7.11 Å². The average Bonchev–Trinajstić information content (AvgIpc) is 2.85. The van der Waals surface area contributed by atoms with Gasteiger partial charge in [0.25, 0.3) is 0 Å². The Morgan fingerprint density at radius 1 is 1.38 bits per heavy atom. The van der Waals surface area contributed by atoms with Crippen LogP contribution in [0, 0.1) is 0 Å². The van der Waals surface area contributed by atoms with E-state index in [1.807, 2.05) is 16.8 Å². The van der Waals surface area contributed by atoms with Crippen molar-refractivity contribution >= 4 is 10.9 Å². The summed E-state index contributed by atoms with van der Waals surface area (Å²) in [5.41, 5.74) is 1.34. The molecule has 1 saturated carbocycles. The molecule has 1 fully saturated rings. The Labute approximate surface area is 125 Å². The van der Waals surface area contributed by atoms with E-state index >= 15 is 0 Å². The van der Waals surface area contributed by atoms with Crippen LogP contribution in [-0.4, -0.2) is 33.7 Å². The molecule has 1 aliphatic carbocycles. The number of hydrogen-bond acceptors (Lipinski definition) is 3. The van der Waals surface area contributed by atoms with Crippen molar-refractivity contribution in [3.05, 3.63) is 30.0 Å². The van der Waals surface area contributed by atoms with Crippen LogP contribution >= 0.6 is 0 Å². The number of aromatic nitrogens is 2. The molecule has 0 radical (unpaired) electrons. The highest BCUT2D eigenvalue weighted by Gasteiger charge is 2.40. The first-order valence-electron chi connectivity index (χ1n) is 7.87. The van der Waals surface area contributed by atoms with Crippen molar-refractivity contribution in [3.8, 4) is 0 Å². The van der Waals surface area contributed by atoms with Crippen molar-refractivity contribution in [1.29, 1.82) is 0 Å². The third-order valence-corrected chi connectivity index (χ3v) is 4.72. The number of fused-ring (bicyclic) bond motifs is 1. The van der Waals surface area contributed by atoms with E-state index in [1.165, 1.54) is 0 Å². The predicted molar refractivity (Wildman–Crippen MR) is 83.3 cm³/mol. The van der Waals surface area contributed by atoms with Crippen LogP contribution in [-0.2, 0) is 17.7 Å². The molecule has 1 aromatic carbocycles. The van der Waals surface area contributed by atoms with E-state index in [-0.39, 0.29) is 6.10 Å². The summed E-state index contributed by atoms with van der Waals surface area (Å²) in [7, 11) is 1.70. The topological polar surface area (TPSA) is 47.3 Å². The molecule has 1 aliphatic rings. The molecule has 0 saturated heterocycles. The lowest BCUT2D eigenvalue weighted by atomic mass is 9.79. The zero-order valence-electron chi connectivity index (χ0n) is 12.9. The van der Waals surface area contributed by atoms with Crippen LogP contribution in [0.3, 0.4) is 0 Å². The monoisotopic (exact) mass is 288 g/mol. The summed E-state index contributed by atoms with van der Waals surface area (Å²) < 4.78 is 7.55. The molecule has 1 N–H and O–H groups in total. The number of nitrogens with zero attached hydrogens (tertiary/aromatic N) is 2. The van der Waals surface area contributed by atoms with Crippen LogP contribution < -0.4 is 0 Å². The van der Waals surface area contributed by atoms with Gasteiger partial charge in [0.2, 0.25) is 0 Å². The first-order valence-corrected chi connectivity index (χ1v) is 7.87. The lowest BCUT2D eigenvalue weighted by Crippen LogP contribution is -2.47. The number of benzene rings is 1. The van der Waals surface area contributed by atoms with E-state index in [4.69, 9.17) is 9.84 Å². The molecule has 0 aliphatic heterocycles. The highest BCUT2D eigenvalue weighted by molar-refractivity contribution is 5.82. The van der Waals surface area contributed by atoms with E-state index < -0.39 is 5.60 Å². The minimum Gasteiger partial charge on any atom is -0.387 e. The van der Waals surface area contributed by atoms with Gasteiger partial charge in [-0.25, -0.2) is 0 Å². The lowest BCUT2D eigenvalue weighted by molar-refractivity contribution is -0.116. The second-order valence-corrected chi connectivity index (χ2v) is 6.03. The molecule has 0 spiro atoms. The fraction of sp³-hybridized carbons (Fsp3) is 0.588. The van der Waals surface area contributed by atoms with Gasteiger partial charge in [-0.2, -0.15) is 5.10 Å². The molecule has 2 atom stereocenters. The maximum Gasteiger partial charge on any atom is 0.0964 e. The van der Waals surface area contributed by atoms with Crippen molar-refractivity contribution < 1.29 is 9.84 Å². The Morgan fingerprint density at radius 2 is 2.19 bits per heavy atom. The average molecular weight is 288 g/mol. The van der Waals surface area contributed by atoms with Gasteiger partial charge < -0.3 is 9.84 Å². The number of rotatable bonds is 4. The van der Waals surface area contributed by atoms with Crippen LogP contribution in [0.5, 0.6) is 0 Å². The van der Waals surface area contributed by atoms with Gasteiger partial charge in [-0.3, -0.25) is 4.68 Å². The molecule has 3 rings (SSSR count). The molecule has 2 aromatic rings. The van der Waals surface area contributed by atoms with E-state index in [9.17, 15) is 5.11 Å². The van der Waals surface area contributed by atoms with Gasteiger partial charge in [0.15, 0.2) is 0 Å². The van der Waals surface area contributed by atoms with Crippen molar-refractivity contribution in [2.75, 3.05) is 7.11 Å². The molecule has 0 amide bonds. The van der Waals surface area contributed by atoms with Crippen molar-refractivity contribution in [3.63, 3.8) is 0 Å². The summed E-state index contributed by atoms with van der Waals surface area (Å²) in [6.07, 6.45) is 4.39. The standard InChI is InChI=1S/C17H24N2O2/c1-3-19-15-9-5-4-8-13(15)14(18-19)12-17(20)11-7-6-10-16(17)21-2/h4-5,8-9,16,20H,3,6-7,10-12H2,1-2H3. The van der Waals surface area contributed by atoms with Crippen molar-refractivity contribution in [1.82, 2.24) is 9.78 Å². The Kier molecular flexibility index (Phi) is 4.00. The Morgan fingerprint density at radius 3 is 2.95 bits per heavy atom. The number of methoxy groups -OCH3 is 1. The SMILES string of the molecule is CCn1nc(CC2(O)CCCCC2OC)c2ccccc21. The molecular weight excluding hydrogens is 264 g/mol. The van der Waals surface area contributed by atoms with E-state index in [2.05, 4.69) is 19.1 Å². The number of ether oxygens (including phenoxy) is 1. The summed E-state index contributed by atoms with van der Waals surface area (Å²) in [6, 6.07) is 8.26. The van der Waals surface area contributed by atoms with E-state index in [0.717, 1.165) is 48.8 Å². The first-order chi connectivity index (χ1) is 10.2. The predicted octanol–water partition coefficient (Wildman–Crippen LogP) is 2.92. The molecule has 1 aromatic heterocycles. The van der Waals surface area contributed by atoms with Crippen molar-refractivity contribution in [2.45, 2.75) is 57.3 Å². The highest BCUT2D eigenvalue weighted by Crippen LogP contribution is 2.34. The third kappa shape index (κ3) is 2.58. The minimum absolute atomic E-state index is 0.0863. The Hall–Kier alpha value is -1.39. The fourth-order valence-electron chi connectivity index (χ4n) is 3.59. The van der Waals surface area contributed by atoms with Gasteiger partial charge in [-0.1, -0.05) is 31.0 Å². The van der Waals surface area contributed by atoms with E-state index in [0.29, 0.717) is 6.42 Å². The summed E-state index contributed by atoms with van der Waals surface area (Å²) in [6.45, 7) is 2.93.